The normalized spacial score (nSPS) is 12.3. The summed E-state index contributed by atoms with van der Waals surface area (Å²) in [4.78, 5) is 29.0. The van der Waals surface area contributed by atoms with E-state index < -0.39 is 16.0 Å². The Hall–Kier alpha value is -2.82. The third-order valence-corrected chi connectivity index (χ3v) is 6.22. The summed E-state index contributed by atoms with van der Waals surface area (Å²) in [7, 11) is -3.89. The van der Waals surface area contributed by atoms with Crippen LogP contribution in [0.1, 0.15) is 18.1 Å². The second kappa shape index (κ2) is 8.90. The quantitative estimate of drug-likeness (QED) is 0.579. The number of aromatic nitrogens is 1. The molecule has 0 aliphatic heterocycles. The zero-order valence-corrected chi connectivity index (χ0v) is 18.1. The maximum Gasteiger partial charge on any atom is 0.326 e. The van der Waals surface area contributed by atoms with Crippen LogP contribution in [0.15, 0.2) is 52.4 Å². The first-order valence-corrected chi connectivity index (χ1v) is 11.5. The topological polar surface area (TPSA) is 121 Å². The average Bonchev–Trinajstić information content (AvgIpc) is 2.99. The van der Waals surface area contributed by atoms with E-state index in [-0.39, 0.29) is 35.2 Å². The van der Waals surface area contributed by atoms with Crippen molar-refractivity contribution in [2.75, 3.05) is 6.61 Å². The van der Waals surface area contributed by atoms with Gasteiger partial charge in [0.2, 0.25) is 10.0 Å². The van der Waals surface area contributed by atoms with E-state index in [2.05, 4.69) is 4.99 Å². The van der Waals surface area contributed by atoms with Crippen LogP contribution in [0.3, 0.4) is 0 Å². The standard InChI is InChI=1S/C20H21N3O5S2/c1-3-28-19(25)12-23-16-9-8-15(30(21,26)27)11-17(16)29-20(23)22-18(24)10-14-6-4-13(2)5-7-14/h4-9,11H,3,10,12H2,1-2H3,(H2,21,26,27). The van der Waals surface area contributed by atoms with E-state index in [0.29, 0.717) is 10.2 Å². The third-order valence-electron chi connectivity index (χ3n) is 4.27. The number of ether oxygens (including phenoxy) is 1. The van der Waals surface area contributed by atoms with Crippen molar-refractivity contribution < 1.29 is 22.7 Å². The van der Waals surface area contributed by atoms with Gasteiger partial charge in [-0.3, -0.25) is 9.59 Å². The van der Waals surface area contributed by atoms with Gasteiger partial charge in [0.25, 0.3) is 5.91 Å². The van der Waals surface area contributed by atoms with E-state index in [0.717, 1.165) is 22.5 Å². The number of nitrogens with zero attached hydrogens (tertiary/aromatic N) is 2. The highest BCUT2D eigenvalue weighted by atomic mass is 32.2. The third kappa shape index (κ3) is 5.21. The number of carbonyl (C=O) groups excluding carboxylic acids is 2. The molecule has 8 nitrogen and oxygen atoms in total. The molecule has 0 radical (unpaired) electrons. The van der Waals surface area contributed by atoms with Gasteiger partial charge in [-0.15, -0.1) is 0 Å². The number of esters is 1. The zero-order chi connectivity index (χ0) is 21.9. The van der Waals surface area contributed by atoms with Gasteiger partial charge >= 0.3 is 5.97 Å². The van der Waals surface area contributed by atoms with Crippen molar-refractivity contribution in [3.63, 3.8) is 0 Å². The maximum atomic E-state index is 12.5. The fraction of sp³-hybridized carbons (Fsp3) is 0.250. The van der Waals surface area contributed by atoms with Gasteiger partial charge in [-0.05, 0) is 37.6 Å². The molecule has 0 aliphatic rings. The molecule has 158 valence electrons. The summed E-state index contributed by atoms with van der Waals surface area (Å²) in [6.07, 6.45) is 0.108. The number of hydrogen-bond donors (Lipinski definition) is 1. The molecule has 30 heavy (non-hydrogen) atoms. The number of nitrogens with two attached hydrogens (primary N) is 1. The summed E-state index contributed by atoms with van der Waals surface area (Å²) in [5.74, 6) is -0.866. The number of thiazole rings is 1. The summed E-state index contributed by atoms with van der Waals surface area (Å²) in [5.41, 5.74) is 2.47. The minimum atomic E-state index is -3.89. The number of fused-ring (bicyclic) bond motifs is 1. The van der Waals surface area contributed by atoms with E-state index in [1.54, 1.807) is 6.92 Å². The molecule has 2 N–H and O–H groups in total. The molecule has 3 aromatic rings. The van der Waals surface area contributed by atoms with Gasteiger partial charge < -0.3 is 9.30 Å². The molecule has 0 saturated heterocycles. The first-order chi connectivity index (χ1) is 14.2. The van der Waals surface area contributed by atoms with Crippen LogP contribution in [-0.2, 0) is 37.3 Å². The lowest BCUT2D eigenvalue weighted by Gasteiger charge is -2.05. The molecule has 0 atom stereocenters. The Morgan fingerprint density at radius 2 is 1.87 bits per heavy atom. The SMILES string of the molecule is CCOC(=O)Cn1c(=NC(=O)Cc2ccc(C)cc2)sc2cc(S(N)(=O)=O)ccc21. The molecule has 1 amide bonds. The molecule has 0 spiro atoms. The first kappa shape index (κ1) is 21.9. The van der Waals surface area contributed by atoms with Crippen molar-refractivity contribution in [1.82, 2.24) is 4.57 Å². The van der Waals surface area contributed by atoms with Crippen LogP contribution in [0.2, 0.25) is 0 Å². The van der Waals surface area contributed by atoms with Crippen molar-refractivity contribution >= 4 is 43.5 Å². The molecule has 10 heteroatoms. The minimum Gasteiger partial charge on any atom is -0.465 e. The average molecular weight is 448 g/mol. The van der Waals surface area contributed by atoms with Crippen LogP contribution < -0.4 is 9.94 Å². The molecule has 1 heterocycles. The molecule has 2 aromatic carbocycles. The van der Waals surface area contributed by atoms with Gasteiger partial charge in [0.05, 0.1) is 28.1 Å². The summed E-state index contributed by atoms with van der Waals surface area (Å²) >= 11 is 1.10. The Morgan fingerprint density at radius 1 is 1.17 bits per heavy atom. The Balaban J connectivity index is 2.05. The number of primary sulfonamides is 1. The summed E-state index contributed by atoms with van der Waals surface area (Å²) in [6, 6.07) is 11.8. The van der Waals surface area contributed by atoms with Crippen molar-refractivity contribution in [1.29, 1.82) is 0 Å². The Bertz CT molecular complexity index is 1270. The van der Waals surface area contributed by atoms with E-state index in [4.69, 9.17) is 9.88 Å². The van der Waals surface area contributed by atoms with Crippen LogP contribution in [0, 0.1) is 6.92 Å². The van der Waals surface area contributed by atoms with E-state index in [9.17, 15) is 18.0 Å². The van der Waals surface area contributed by atoms with E-state index in [1.807, 2.05) is 31.2 Å². The Kier molecular flexibility index (Phi) is 6.49. The predicted octanol–water partition coefficient (Wildman–Crippen LogP) is 1.89. The van der Waals surface area contributed by atoms with Crippen LogP contribution in [0.5, 0.6) is 0 Å². The molecule has 0 fully saturated rings. The van der Waals surface area contributed by atoms with Gasteiger partial charge in [-0.2, -0.15) is 4.99 Å². The van der Waals surface area contributed by atoms with Gasteiger partial charge in [-0.1, -0.05) is 41.2 Å². The second-order valence-corrected chi connectivity index (χ2v) is 9.19. The van der Waals surface area contributed by atoms with Gasteiger partial charge in [0.1, 0.15) is 6.54 Å². The van der Waals surface area contributed by atoms with Gasteiger partial charge in [0, 0.05) is 0 Å². The lowest BCUT2D eigenvalue weighted by Crippen LogP contribution is -2.23. The molecule has 3 rings (SSSR count). The highest BCUT2D eigenvalue weighted by Gasteiger charge is 2.15. The molecule has 0 bridgehead atoms. The Morgan fingerprint density at radius 3 is 2.50 bits per heavy atom. The zero-order valence-electron chi connectivity index (χ0n) is 16.5. The fourth-order valence-corrected chi connectivity index (χ4v) is 4.53. The van der Waals surface area contributed by atoms with E-state index >= 15 is 0 Å². The smallest absolute Gasteiger partial charge is 0.326 e. The summed E-state index contributed by atoms with van der Waals surface area (Å²) in [5, 5.41) is 5.21. The fourth-order valence-electron chi connectivity index (χ4n) is 2.83. The largest absolute Gasteiger partial charge is 0.465 e. The van der Waals surface area contributed by atoms with Gasteiger partial charge in [-0.25, -0.2) is 13.6 Å². The second-order valence-electron chi connectivity index (χ2n) is 6.62. The molecular formula is C20H21N3O5S2. The predicted molar refractivity (Wildman–Crippen MR) is 113 cm³/mol. The monoisotopic (exact) mass is 447 g/mol. The number of benzene rings is 2. The maximum absolute atomic E-state index is 12.5. The number of rotatable bonds is 6. The van der Waals surface area contributed by atoms with Crippen molar-refractivity contribution in [3.05, 3.63) is 58.4 Å². The van der Waals surface area contributed by atoms with Crippen LogP contribution in [0.25, 0.3) is 10.2 Å². The van der Waals surface area contributed by atoms with Crippen LogP contribution in [0.4, 0.5) is 0 Å². The van der Waals surface area contributed by atoms with Crippen LogP contribution >= 0.6 is 11.3 Å². The molecular weight excluding hydrogens is 426 g/mol. The highest BCUT2D eigenvalue weighted by Crippen LogP contribution is 2.21. The van der Waals surface area contributed by atoms with Crippen LogP contribution in [-0.4, -0.2) is 31.5 Å². The molecule has 1 aromatic heterocycles. The minimum absolute atomic E-state index is 0.0583. The lowest BCUT2D eigenvalue weighted by molar-refractivity contribution is -0.143. The Labute approximate surface area is 177 Å². The van der Waals surface area contributed by atoms with E-state index in [1.165, 1.54) is 22.8 Å². The number of hydrogen-bond acceptors (Lipinski definition) is 6. The van der Waals surface area contributed by atoms with Gasteiger partial charge in [0.15, 0.2) is 4.80 Å². The van der Waals surface area contributed by atoms with Crippen molar-refractivity contribution in [2.24, 2.45) is 10.1 Å². The number of sulfonamides is 1. The molecule has 0 aliphatic carbocycles. The van der Waals surface area contributed by atoms with Crippen molar-refractivity contribution in [3.8, 4) is 0 Å². The highest BCUT2D eigenvalue weighted by molar-refractivity contribution is 7.89. The molecule has 0 unspecified atom stereocenters. The molecule has 0 saturated carbocycles. The van der Waals surface area contributed by atoms with Crippen molar-refractivity contribution in [2.45, 2.75) is 31.7 Å². The summed E-state index contributed by atoms with van der Waals surface area (Å²) in [6.45, 7) is 3.72. The first-order valence-electron chi connectivity index (χ1n) is 9.12. The summed E-state index contributed by atoms with van der Waals surface area (Å²) < 4.78 is 30.4. The lowest BCUT2D eigenvalue weighted by atomic mass is 10.1. The number of amides is 1. The number of aryl methyl sites for hydroxylation is 1. The number of carbonyl (C=O) groups is 2.